The van der Waals surface area contributed by atoms with Gasteiger partial charge in [0, 0.05) is 12.0 Å². The molecule has 1 aromatic carbocycles. The van der Waals surface area contributed by atoms with Crippen LogP contribution in [0.15, 0.2) is 18.2 Å². The van der Waals surface area contributed by atoms with E-state index >= 15 is 0 Å². The number of nitrogens with two attached hydrogens (primary N) is 1. The molecule has 1 heterocycles. The summed E-state index contributed by atoms with van der Waals surface area (Å²) < 4.78 is 9.80. The van der Waals surface area contributed by atoms with E-state index in [1.165, 1.54) is 13.2 Å². The van der Waals surface area contributed by atoms with Gasteiger partial charge in [-0.25, -0.2) is 4.79 Å². The van der Waals surface area contributed by atoms with Gasteiger partial charge < -0.3 is 20.5 Å². The SMILES string of the molecule is COc1cc(C(=O)N[C@H]2CCOC2=O)ccc1N. The number of methoxy groups -OCH3 is 1. The number of benzene rings is 1. The van der Waals surface area contributed by atoms with Gasteiger partial charge in [-0.15, -0.1) is 0 Å². The van der Waals surface area contributed by atoms with Crippen LogP contribution in [0.5, 0.6) is 5.75 Å². The highest BCUT2D eigenvalue weighted by atomic mass is 16.5. The Morgan fingerprint density at radius 3 is 2.94 bits per heavy atom. The van der Waals surface area contributed by atoms with Gasteiger partial charge in [0.25, 0.3) is 5.91 Å². The van der Waals surface area contributed by atoms with Crippen LogP contribution in [0, 0.1) is 0 Å². The predicted octanol–water partition coefficient (Wildman–Crippen LogP) is 0.323. The molecule has 0 aliphatic carbocycles. The van der Waals surface area contributed by atoms with Gasteiger partial charge in [-0.2, -0.15) is 0 Å². The van der Waals surface area contributed by atoms with Crippen molar-refractivity contribution in [1.82, 2.24) is 5.32 Å². The van der Waals surface area contributed by atoms with Crippen molar-refractivity contribution in [3.63, 3.8) is 0 Å². The second-order valence-electron chi connectivity index (χ2n) is 3.94. The number of nitrogens with one attached hydrogen (secondary N) is 1. The lowest BCUT2D eigenvalue weighted by Gasteiger charge is -2.10. The zero-order chi connectivity index (χ0) is 13.1. The average Bonchev–Trinajstić information content (AvgIpc) is 2.75. The summed E-state index contributed by atoms with van der Waals surface area (Å²) in [6.07, 6.45) is 0.497. The van der Waals surface area contributed by atoms with Crippen LogP contribution in [0.4, 0.5) is 5.69 Å². The van der Waals surface area contributed by atoms with Crippen molar-refractivity contribution in [2.45, 2.75) is 12.5 Å². The highest BCUT2D eigenvalue weighted by Gasteiger charge is 2.28. The fourth-order valence-corrected chi connectivity index (χ4v) is 1.72. The molecular formula is C12H14N2O4. The Morgan fingerprint density at radius 1 is 1.56 bits per heavy atom. The minimum absolute atomic E-state index is 0.342. The summed E-state index contributed by atoms with van der Waals surface area (Å²) >= 11 is 0. The van der Waals surface area contributed by atoms with Gasteiger partial charge in [-0.3, -0.25) is 4.79 Å². The van der Waals surface area contributed by atoms with Crippen LogP contribution < -0.4 is 15.8 Å². The number of anilines is 1. The molecule has 1 atom stereocenters. The lowest BCUT2D eigenvalue weighted by atomic mass is 10.1. The maximum atomic E-state index is 11.9. The maximum Gasteiger partial charge on any atom is 0.328 e. The van der Waals surface area contributed by atoms with Crippen LogP contribution in [0.25, 0.3) is 0 Å². The van der Waals surface area contributed by atoms with Crippen molar-refractivity contribution in [3.05, 3.63) is 23.8 Å². The number of hydrogen-bond acceptors (Lipinski definition) is 5. The summed E-state index contributed by atoms with van der Waals surface area (Å²) in [6.45, 7) is 0.342. The number of carbonyl (C=O) groups excluding carboxylic acids is 2. The molecule has 0 bridgehead atoms. The number of amides is 1. The van der Waals surface area contributed by atoms with Gasteiger partial charge in [0.2, 0.25) is 0 Å². The second-order valence-corrected chi connectivity index (χ2v) is 3.94. The number of carbonyl (C=O) groups is 2. The van der Waals surface area contributed by atoms with Crippen molar-refractivity contribution in [2.24, 2.45) is 0 Å². The molecule has 0 aromatic heterocycles. The van der Waals surface area contributed by atoms with E-state index in [1.54, 1.807) is 12.1 Å². The van der Waals surface area contributed by atoms with E-state index in [-0.39, 0.29) is 5.91 Å². The summed E-state index contributed by atoms with van der Waals surface area (Å²) in [7, 11) is 1.47. The summed E-state index contributed by atoms with van der Waals surface area (Å²) in [4.78, 5) is 23.1. The van der Waals surface area contributed by atoms with Crippen molar-refractivity contribution < 1.29 is 19.1 Å². The average molecular weight is 250 g/mol. The lowest BCUT2D eigenvalue weighted by molar-refractivity contribution is -0.139. The normalized spacial score (nSPS) is 18.3. The molecule has 1 saturated heterocycles. The molecule has 1 fully saturated rings. The van der Waals surface area contributed by atoms with Gasteiger partial charge in [0.1, 0.15) is 11.8 Å². The Morgan fingerprint density at radius 2 is 2.33 bits per heavy atom. The molecule has 1 aromatic rings. The summed E-state index contributed by atoms with van der Waals surface area (Å²) in [5.41, 5.74) is 6.50. The van der Waals surface area contributed by atoms with Gasteiger partial charge in [-0.1, -0.05) is 0 Å². The molecule has 0 spiro atoms. The van der Waals surface area contributed by atoms with Gasteiger partial charge in [-0.05, 0) is 18.2 Å². The van der Waals surface area contributed by atoms with Crippen LogP contribution in [-0.2, 0) is 9.53 Å². The molecule has 96 valence electrons. The third kappa shape index (κ3) is 2.37. The van der Waals surface area contributed by atoms with E-state index in [2.05, 4.69) is 5.32 Å². The first-order chi connectivity index (χ1) is 8.61. The van der Waals surface area contributed by atoms with Crippen molar-refractivity contribution in [2.75, 3.05) is 19.5 Å². The van der Waals surface area contributed by atoms with Crippen molar-refractivity contribution in [1.29, 1.82) is 0 Å². The Bertz CT molecular complexity index is 487. The van der Waals surface area contributed by atoms with E-state index in [9.17, 15) is 9.59 Å². The van der Waals surface area contributed by atoms with Gasteiger partial charge >= 0.3 is 5.97 Å². The predicted molar refractivity (Wildman–Crippen MR) is 64.2 cm³/mol. The first kappa shape index (κ1) is 12.2. The van der Waals surface area contributed by atoms with Crippen LogP contribution in [0.3, 0.4) is 0 Å². The minimum Gasteiger partial charge on any atom is -0.495 e. The van der Waals surface area contributed by atoms with Crippen LogP contribution in [0.2, 0.25) is 0 Å². The number of cyclic esters (lactones) is 1. The molecular weight excluding hydrogens is 236 g/mol. The Hall–Kier alpha value is -2.24. The summed E-state index contributed by atoms with van der Waals surface area (Å²) in [5, 5.41) is 2.61. The maximum absolute atomic E-state index is 11.9. The molecule has 1 amide bonds. The molecule has 0 saturated carbocycles. The molecule has 0 radical (unpaired) electrons. The van der Waals surface area contributed by atoms with E-state index in [0.29, 0.717) is 30.0 Å². The topological polar surface area (TPSA) is 90.6 Å². The second kappa shape index (κ2) is 4.95. The van der Waals surface area contributed by atoms with Crippen molar-refractivity contribution >= 4 is 17.6 Å². The van der Waals surface area contributed by atoms with Gasteiger partial charge in [0.15, 0.2) is 0 Å². The number of rotatable bonds is 3. The van der Waals surface area contributed by atoms with E-state index in [4.69, 9.17) is 15.2 Å². The number of ether oxygens (including phenoxy) is 2. The molecule has 1 aliphatic heterocycles. The van der Waals surface area contributed by atoms with E-state index < -0.39 is 12.0 Å². The smallest absolute Gasteiger partial charge is 0.328 e. The van der Waals surface area contributed by atoms with E-state index in [0.717, 1.165) is 0 Å². The van der Waals surface area contributed by atoms with Crippen LogP contribution in [0.1, 0.15) is 16.8 Å². The summed E-state index contributed by atoms with van der Waals surface area (Å²) in [5.74, 6) is -0.320. The Balaban J connectivity index is 2.11. The van der Waals surface area contributed by atoms with Crippen LogP contribution in [-0.4, -0.2) is 31.6 Å². The monoisotopic (exact) mass is 250 g/mol. The van der Waals surface area contributed by atoms with Crippen molar-refractivity contribution in [3.8, 4) is 5.75 Å². The Kier molecular flexibility index (Phi) is 3.36. The largest absolute Gasteiger partial charge is 0.495 e. The molecule has 2 rings (SSSR count). The fourth-order valence-electron chi connectivity index (χ4n) is 1.72. The lowest BCUT2D eigenvalue weighted by Crippen LogP contribution is -2.37. The highest BCUT2D eigenvalue weighted by molar-refractivity contribution is 5.97. The summed E-state index contributed by atoms with van der Waals surface area (Å²) in [6, 6.07) is 4.13. The number of esters is 1. The first-order valence-corrected chi connectivity index (χ1v) is 5.53. The quantitative estimate of drug-likeness (QED) is 0.595. The number of nitrogen functional groups attached to an aromatic ring is 1. The molecule has 18 heavy (non-hydrogen) atoms. The fraction of sp³-hybridized carbons (Fsp3) is 0.333. The minimum atomic E-state index is -0.568. The molecule has 6 nitrogen and oxygen atoms in total. The van der Waals surface area contributed by atoms with Crippen LogP contribution >= 0.6 is 0 Å². The standard InChI is InChI=1S/C12H14N2O4/c1-17-10-6-7(2-3-8(10)13)11(15)14-9-4-5-18-12(9)16/h2-3,6,9H,4-5,13H2,1H3,(H,14,15)/t9-/m0/s1. The Labute approximate surface area is 104 Å². The molecule has 6 heteroatoms. The third-order valence-electron chi connectivity index (χ3n) is 2.74. The molecule has 1 aliphatic rings. The zero-order valence-corrected chi connectivity index (χ0v) is 9.93. The third-order valence-corrected chi connectivity index (χ3v) is 2.74. The number of hydrogen-bond donors (Lipinski definition) is 2. The highest BCUT2D eigenvalue weighted by Crippen LogP contribution is 2.22. The van der Waals surface area contributed by atoms with E-state index in [1.807, 2.05) is 0 Å². The molecule has 0 unspecified atom stereocenters. The molecule has 3 N–H and O–H groups in total. The first-order valence-electron chi connectivity index (χ1n) is 5.53. The zero-order valence-electron chi connectivity index (χ0n) is 9.93. The van der Waals surface area contributed by atoms with Gasteiger partial charge in [0.05, 0.1) is 19.4 Å².